The molecular formula is C14H21NO4. The number of esters is 1. The zero-order valence-corrected chi connectivity index (χ0v) is 11.3. The van der Waals surface area contributed by atoms with E-state index in [1.165, 1.54) is 32.8 Å². The molecule has 5 nitrogen and oxygen atoms in total. The summed E-state index contributed by atoms with van der Waals surface area (Å²) in [5.74, 6) is 1.29. The van der Waals surface area contributed by atoms with E-state index in [2.05, 4.69) is 4.74 Å². The molecule has 1 amide bonds. The quantitative estimate of drug-likeness (QED) is 0.695. The summed E-state index contributed by atoms with van der Waals surface area (Å²) in [4.78, 5) is 25.8. The Hall–Kier alpha value is -1.10. The second kappa shape index (κ2) is 5.12. The SMILES string of the molecule is COC(=O)C1CN(C(=O)C2C3CCCCC32)CCO1. The van der Waals surface area contributed by atoms with E-state index in [0.717, 1.165) is 0 Å². The number of rotatable bonds is 2. The third kappa shape index (κ3) is 2.36. The molecule has 2 aliphatic carbocycles. The lowest BCUT2D eigenvalue weighted by atomic mass is 10.0. The van der Waals surface area contributed by atoms with Crippen LogP contribution in [0.4, 0.5) is 0 Å². The first kappa shape index (κ1) is 12.9. The number of carbonyl (C=O) groups excluding carboxylic acids is 2. The molecule has 106 valence electrons. The van der Waals surface area contributed by atoms with Gasteiger partial charge >= 0.3 is 5.97 Å². The largest absolute Gasteiger partial charge is 0.467 e. The van der Waals surface area contributed by atoms with Crippen molar-refractivity contribution in [3.63, 3.8) is 0 Å². The summed E-state index contributed by atoms with van der Waals surface area (Å²) in [5.41, 5.74) is 0. The summed E-state index contributed by atoms with van der Waals surface area (Å²) in [6.45, 7) is 1.37. The molecule has 3 aliphatic rings. The predicted octanol–water partition coefficient (Wildman–Crippen LogP) is 0.823. The van der Waals surface area contributed by atoms with Gasteiger partial charge in [-0.25, -0.2) is 4.79 Å². The van der Waals surface area contributed by atoms with Crippen LogP contribution in [-0.2, 0) is 19.1 Å². The van der Waals surface area contributed by atoms with Crippen LogP contribution in [0.5, 0.6) is 0 Å². The van der Waals surface area contributed by atoms with Crippen LogP contribution < -0.4 is 0 Å². The standard InChI is InChI=1S/C14H21NO4/c1-18-14(17)11-8-15(6-7-19-11)13(16)12-9-4-2-3-5-10(9)12/h9-12H,2-8H2,1H3. The zero-order chi connectivity index (χ0) is 13.4. The van der Waals surface area contributed by atoms with Crippen LogP contribution in [0.15, 0.2) is 0 Å². The summed E-state index contributed by atoms with van der Waals surface area (Å²) < 4.78 is 10.0. The Labute approximate surface area is 113 Å². The molecule has 0 aromatic rings. The van der Waals surface area contributed by atoms with Crippen molar-refractivity contribution >= 4 is 11.9 Å². The molecular weight excluding hydrogens is 246 g/mol. The molecule has 19 heavy (non-hydrogen) atoms. The van der Waals surface area contributed by atoms with Gasteiger partial charge in [0.1, 0.15) is 0 Å². The van der Waals surface area contributed by atoms with E-state index < -0.39 is 6.10 Å². The van der Waals surface area contributed by atoms with Gasteiger partial charge in [-0.2, -0.15) is 0 Å². The second-order valence-electron chi connectivity index (χ2n) is 5.80. The lowest BCUT2D eigenvalue weighted by molar-refractivity contribution is -0.163. The van der Waals surface area contributed by atoms with E-state index in [1.54, 1.807) is 4.90 Å². The molecule has 0 N–H and O–H groups in total. The van der Waals surface area contributed by atoms with Crippen LogP contribution >= 0.6 is 0 Å². The molecule has 3 unspecified atom stereocenters. The van der Waals surface area contributed by atoms with Gasteiger partial charge in [-0.05, 0) is 24.7 Å². The highest BCUT2D eigenvalue weighted by Crippen LogP contribution is 2.56. The van der Waals surface area contributed by atoms with E-state index in [-0.39, 0.29) is 17.8 Å². The third-order valence-corrected chi connectivity index (χ3v) is 4.78. The summed E-state index contributed by atoms with van der Waals surface area (Å²) >= 11 is 0. The fraction of sp³-hybridized carbons (Fsp3) is 0.857. The number of morpholine rings is 1. The Morgan fingerprint density at radius 2 is 1.89 bits per heavy atom. The minimum Gasteiger partial charge on any atom is -0.467 e. The number of nitrogens with zero attached hydrogens (tertiary/aromatic N) is 1. The second-order valence-corrected chi connectivity index (χ2v) is 5.80. The van der Waals surface area contributed by atoms with Gasteiger partial charge in [-0.1, -0.05) is 12.8 Å². The Bertz CT molecular complexity index is 372. The molecule has 3 fully saturated rings. The van der Waals surface area contributed by atoms with Gasteiger partial charge in [0, 0.05) is 12.5 Å². The maximum atomic E-state index is 12.5. The number of methoxy groups -OCH3 is 1. The maximum Gasteiger partial charge on any atom is 0.336 e. The van der Waals surface area contributed by atoms with E-state index in [4.69, 9.17) is 4.74 Å². The van der Waals surface area contributed by atoms with Crippen molar-refractivity contribution in [1.29, 1.82) is 0 Å². The molecule has 0 bridgehead atoms. The number of ether oxygens (including phenoxy) is 2. The summed E-state index contributed by atoms with van der Waals surface area (Å²) in [5, 5.41) is 0. The fourth-order valence-electron chi connectivity index (χ4n) is 3.69. The van der Waals surface area contributed by atoms with E-state index >= 15 is 0 Å². The van der Waals surface area contributed by atoms with Crippen LogP contribution in [-0.4, -0.2) is 49.7 Å². The maximum absolute atomic E-state index is 12.5. The normalized spacial score (nSPS) is 37.4. The van der Waals surface area contributed by atoms with Gasteiger partial charge < -0.3 is 14.4 Å². The Balaban J connectivity index is 1.59. The molecule has 1 aliphatic heterocycles. The Morgan fingerprint density at radius 3 is 2.53 bits per heavy atom. The molecule has 1 saturated heterocycles. The molecule has 2 saturated carbocycles. The van der Waals surface area contributed by atoms with Crippen molar-refractivity contribution in [2.45, 2.75) is 31.8 Å². The number of amides is 1. The highest BCUT2D eigenvalue weighted by atomic mass is 16.6. The van der Waals surface area contributed by atoms with Crippen LogP contribution in [0.1, 0.15) is 25.7 Å². The van der Waals surface area contributed by atoms with Gasteiger partial charge in [0.2, 0.25) is 5.91 Å². The average Bonchev–Trinajstić information content (AvgIpc) is 3.20. The molecule has 3 rings (SSSR count). The van der Waals surface area contributed by atoms with Crippen molar-refractivity contribution in [2.75, 3.05) is 26.8 Å². The molecule has 0 radical (unpaired) electrons. The number of hydrogen-bond donors (Lipinski definition) is 0. The monoisotopic (exact) mass is 267 g/mol. The highest BCUT2D eigenvalue weighted by molar-refractivity contribution is 5.83. The van der Waals surface area contributed by atoms with Gasteiger partial charge in [-0.3, -0.25) is 4.79 Å². The molecule has 5 heteroatoms. The first-order chi connectivity index (χ1) is 9.22. The van der Waals surface area contributed by atoms with Crippen LogP contribution in [0.25, 0.3) is 0 Å². The zero-order valence-electron chi connectivity index (χ0n) is 11.3. The van der Waals surface area contributed by atoms with Crippen molar-refractivity contribution in [1.82, 2.24) is 4.90 Å². The summed E-state index contributed by atoms with van der Waals surface area (Å²) in [6.07, 6.45) is 4.32. The van der Waals surface area contributed by atoms with Crippen LogP contribution in [0.3, 0.4) is 0 Å². The third-order valence-electron chi connectivity index (χ3n) is 4.78. The molecule has 0 aromatic carbocycles. The van der Waals surface area contributed by atoms with Crippen LogP contribution in [0, 0.1) is 17.8 Å². The predicted molar refractivity (Wildman–Crippen MR) is 67.3 cm³/mol. The number of hydrogen-bond acceptors (Lipinski definition) is 4. The fourth-order valence-corrected chi connectivity index (χ4v) is 3.69. The van der Waals surface area contributed by atoms with Crippen LogP contribution in [0.2, 0.25) is 0 Å². The molecule has 1 heterocycles. The van der Waals surface area contributed by atoms with Crippen molar-refractivity contribution in [3.8, 4) is 0 Å². The first-order valence-electron chi connectivity index (χ1n) is 7.20. The summed E-state index contributed by atoms with van der Waals surface area (Å²) in [6, 6.07) is 0. The number of fused-ring (bicyclic) bond motifs is 1. The molecule has 0 spiro atoms. The van der Waals surface area contributed by atoms with Crippen molar-refractivity contribution in [3.05, 3.63) is 0 Å². The highest BCUT2D eigenvalue weighted by Gasteiger charge is 2.56. The minimum absolute atomic E-state index is 0.221. The minimum atomic E-state index is -0.608. The Kier molecular flexibility index (Phi) is 3.48. The molecule has 0 aromatic heterocycles. The Morgan fingerprint density at radius 1 is 1.21 bits per heavy atom. The van der Waals surface area contributed by atoms with Gasteiger partial charge in [-0.15, -0.1) is 0 Å². The molecule has 3 atom stereocenters. The van der Waals surface area contributed by atoms with E-state index in [1.807, 2.05) is 0 Å². The lowest BCUT2D eigenvalue weighted by Gasteiger charge is -2.31. The van der Waals surface area contributed by atoms with Crippen molar-refractivity contribution in [2.24, 2.45) is 17.8 Å². The van der Waals surface area contributed by atoms with E-state index in [9.17, 15) is 9.59 Å². The average molecular weight is 267 g/mol. The summed E-state index contributed by atoms with van der Waals surface area (Å²) in [7, 11) is 1.35. The lowest BCUT2D eigenvalue weighted by Crippen LogP contribution is -2.49. The first-order valence-corrected chi connectivity index (χ1v) is 7.20. The van der Waals surface area contributed by atoms with Gasteiger partial charge in [0.15, 0.2) is 6.10 Å². The van der Waals surface area contributed by atoms with E-state index in [0.29, 0.717) is 31.5 Å². The topological polar surface area (TPSA) is 55.8 Å². The smallest absolute Gasteiger partial charge is 0.336 e. The van der Waals surface area contributed by atoms with Crippen molar-refractivity contribution < 1.29 is 19.1 Å². The van der Waals surface area contributed by atoms with Gasteiger partial charge in [0.05, 0.1) is 20.3 Å². The van der Waals surface area contributed by atoms with Gasteiger partial charge in [0.25, 0.3) is 0 Å². The number of carbonyl (C=O) groups is 2.